The van der Waals surface area contributed by atoms with E-state index in [4.69, 9.17) is 9.47 Å². The number of rotatable bonds is 3. The quantitative estimate of drug-likeness (QED) is 0.818. The summed E-state index contributed by atoms with van der Waals surface area (Å²) < 4.78 is 12.8. The Kier molecular flexibility index (Phi) is 3.64. The van der Waals surface area contributed by atoms with Gasteiger partial charge < -0.3 is 14.0 Å². The predicted octanol–water partition coefficient (Wildman–Crippen LogP) is 2.77. The summed E-state index contributed by atoms with van der Waals surface area (Å²) in [5.41, 5.74) is 0.532. The average Bonchev–Trinajstić information content (AvgIpc) is 2.50. The molecule has 22 heavy (non-hydrogen) atoms. The summed E-state index contributed by atoms with van der Waals surface area (Å²) in [6.45, 7) is 6.68. The lowest BCUT2D eigenvalue weighted by atomic mass is 10.0. The van der Waals surface area contributed by atoms with Crippen LogP contribution in [0.5, 0.6) is 5.75 Å². The van der Waals surface area contributed by atoms with E-state index in [1.54, 1.807) is 25.3 Å². The molecule has 0 spiro atoms. The highest BCUT2D eigenvalue weighted by atomic mass is 16.5. The minimum Gasteiger partial charge on any atom is -0.489 e. The van der Waals surface area contributed by atoms with Crippen LogP contribution in [0.4, 0.5) is 0 Å². The fourth-order valence-corrected chi connectivity index (χ4v) is 2.88. The number of carbonyl (C=O) groups is 1. The first-order valence-corrected chi connectivity index (χ1v) is 7.52. The number of aromatic nitrogens is 1. The molecular formula is C17H19NO4. The van der Waals surface area contributed by atoms with Gasteiger partial charge in [0.2, 0.25) is 5.43 Å². The summed E-state index contributed by atoms with van der Waals surface area (Å²) in [5.74, 6) is 0.425. The van der Waals surface area contributed by atoms with E-state index < -0.39 is 5.97 Å². The predicted molar refractivity (Wildman–Crippen MR) is 83.5 cm³/mol. The molecule has 1 aromatic heterocycles. The first-order valence-electron chi connectivity index (χ1n) is 7.52. The van der Waals surface area contributed by atoms with Crippen molar-refractivity contribution in [1.29, 1.82) is 0 Å². The van der Waals surface area contributed by atoms with Crippen molar-refractivity contribution in [1.82, 2.24) is 4.57 Å². The van der Waals surface area contributed by atoms with E-state index in [9.17, 15) is 9.59 Å². The van der Waals surface area contributed by atoms with Crippen LogP contribution in [-0.4, -0.2) is 23.8 Å². The van der Waals surface area contributed by atoms with Crippen molar-refractivity contribution < 1.29 is 14.3 Å². The molecular weight excluding hydrogens is 282 g/mol. The van der Waals surface area contributed by atoms with Gasteiger partial charge in [0.05, 0.1) is 23.6 Å². The molecule has 1 aromatic carbocycles. The molecule has 2 heterocycles. The fourth-order valence-electron chi connectivity index (χ4n) is 2.88. The maximum Gasteiger partial charge on any atom is 0.343 e. The van der Waals surface area contributed by atoms with Gasteiger partial charge in [-0.15, -0.1) is 0 Å². The Hall–Kier alpha value is -2.30. The topological polar surface area (TPSA) is 57.5 Å². The summed E-state index contributed by atoms with van der Waals surface area (Å²) in [5, 5.41) is 0.494. The lowest BCUT2D eigenvalue weighted by Crippen LogP contribution is -2.30. The molecule has 1 atom stereocenters. The Labute approximate surface area is 128 Å². The van der Waals surface area contributed by atoms with Crippen LogP contribution in [0, 0.1) is 5.92 Å². The van der Waals surface area contributed by atoms with Gasteiger partial charge in [-0.1, -0.05) is 19.9 Å². The molecule has 0 amide bonds. The highest BCUT2D eigenvalue weighted by Gasteiger charge is 2.27. The van der Waals surface area contributed by atoms with Crippen molar-refractivity contribution in [3.63, 3.8) is 0 Å². The van der Waals surface area contributed by atoms with E-state index in [2.05, 4.69) is 13.8 Å². The largest absolute Gasteiger partial charge is 0.489 e. The molecule has 1 aliphatic rings. The van der Waals surface area contributed by atoms with Crippen LogP contribution in [0.15, 0.2) is 29.2 Å². The molecule has 0 radical (unpaired) electrons. The first-order chi connectivity index (χ1) is 10.5. The third-order valence-corrected chi connectivity index (χ3v) is 4.05. The molecule has 2 aromatic rings. The van der Waals surface area contributed by atoms with E-state index in [0.717, 1.165) is 5.52 Å². The zero-order valence-corrected chi connectivity index (χ0v) is 13.0. The monoisotopic (exact) mass is 301 g/mol. The minimum absolute atomic E-state index is 0.0752. The molecule has 0 unspecified atom stereocenters. The number of para-hydroxylation sites is 1. The molecule has 0 bridgehead atoms. The van der Waals surface area contributed by atoms with Crippen LogP contribution in [0.2, 0.25) is 0 Å². The summed E-state index contributed by atoms with van der Waals surface area (Å²) in [4.78, 5) is 24.7. The molecule has 3 rings (SSSR count). The maximum absolute atomic E-state index is 12.6. The summed E-state index contributed by atoms with van der Waals surface area (Å²) in [7, 11) is 0. The van der Waals surface area contributed by atoms with E-state index in [1.165, 1.54) is 0 Å². The summed E-state index contributed by atoms with van der Waals surface area (Å²) in [6.07, 6.45) is 1.62. The normalized spacial score (nSPS) is 16.6. The van der Waals surface area contributed by atoms with E-state index in [-0.39, 0.29) is 23.6 Å². The fraction of sp³-hybridized carbons (Fsp3) is 0.412. The third-order valence-electron chi connectivity index (χ3n) is 4.05. The number of hydrogen-bond donors (Lipinski definition) is 0. The van der Waals surface area contributed by atoms with Crippen LogP contribution in [0.3, 0.4) is 0 Å². The molecule has 0 fully saturated rings. The third kappa shape index (κ3) is 2.17. The van der Waals surface area contributed by atoms with Gasteiger partial charge in [0.1, 0.15) is 17.9 Å². The zero-order chi connectivity index (χ0) is 15.9. The molecule has 1 aliphatic heterocycles. The number of nitrogens with zero attached hydrogens (tertiary/aromatic N) is 1. The average molecular weight is 301 g/mol. The molecule has 5 nitrogen and oxygen atoms in total. The molecule has 0 aliphatic carbocycles. The number of ether oxygens (including phenoxy) is 2. The van der Waals surface area contributed by atoms with Gasteiger partial charge in [0, 0.05) is 6.20 Å². The number of hydrogen-bond acceptors (Lipinski definition) is 4. The lowest BCUT2D eigenvalue weighted by molar-refractivity contribution is 0.0523. The van der Waals surface area contributed by atoms with E-state index in [0.29, 0.717) is 23.7 Å². The van der Waals surface area contributed by atoms with Crippen molar-refractivity contribution in [2.45, 2.75) is 26.8 Å². The number of benzene rings is 1. The number of esters is 1. The second kappa shape index (κ2) is 5.48. The molecule has 0 saturated carbocycles. The highest BCUT2D eigenvalue weighted by molar-refractivity contribution is 5.95. The zero-order valence-electron chi connectivity index (χ0n) is 13.0. The second-order valence-electron chi connectivity index (χ2n) is 5.77. The van der Waals surface area contributed by atoms with Gasteiger partial charge in [-0.2, -0.15) is 0 Å². The van der Waals surface area contributed by atoms with Crippen molar-refractivity contribution in [3.05, 3.63) is 40.2 Å². The molecule has 0 saturated heterocycles. The highest BCUT2D eigenvalue weighted by Crippen LogP contribution is 2.34. The van der Waals surface area contributed by atoms with Crippen molar-refractivity contribution in [3.8, 4) is 5.75 Å². The Morgan fingerprint density at radius 1 is 1.45 bits per heavy atom. The first kappa shape index (κ1) is 14.6. The van der Waals surface area contributed by atoms with Crippen LogP contribution in [0.1, 0.15) is 37.2 Å². The van der Waals surface area contributed by atoms with Crippen LogP contribution < -0.4 is 10.2 Å². The second-order valence-corrected chi connectivity index (χ2v) is 5.77. The van der Waals surface area contributed by atoms with Gasteiger partial charge in [0.15, 0.2) is 0 Å². The van der Waals surface area contributed by atoms with Crippen molar-refractivity contribution in [2.24, 2.45) is 5.92 Å². The van der Waals surface area contributed by atoms with Crippen molar-refractivity contribution in [2.75, 3.05) is 13.2 Å². The molecule has 5 heteroatoms. The van der Waals surface area contributed by atoms with Gasteiger partial charge in [0.25, 0.3) is 0 Å². The summed E-state index contributed by atoms with van der Waals surface area (Å²) in [6, 6.07) is 5.42. The Morgan fingerprint density at radius 2 is 2.23 bits per heavy atom. The molecule has 116 valence electrons. The van der Waals surface area contributed by atoms with Gasteiger partial charge in [-0.3, -0.25) is 4.79 Å². The summed E-state index contributed by atoms with van der Waals surface area (Å²) >= 11 is 0. The number of carbonyl (C=O) groups excluding carboxylic acids is 1. The lowest BCUT2D eigenvalue weighted by Gasteiger charge is -2.31. The van der Waals surface area contributed by atoms with E-state index in [1.807, 2.05) is 10.6 Å². The smallest absolute Gasteiger partial charge is 0.343 e. The Morgan fingerprint density at radius 3 is 2.91 bits per heavy atom. The van der Waals surface area contributed by atoms with Crippen LogP contribution >= 0.6 is 0 Å². The maximum atomic E-state index is 12.6. The van der Waals surface area contributed by atoms with Crippen LogP contribution in [-0.2, 0) is 4.74 Å². The SMILES string of the molecule is CCOC(=O)c1cn2c3c(cccc3c1=O)OC[C@@H]2C(C)C. The Balaban J connectivity index is 2.33. The minimum atomic E-state index is -0.572. The standard InChI is InChI=1S/C17H19NO4/c1-4-21-17(20)12-8-18-13(10(2)3)9-22-14-7-5-6-11(15(14)18)16(12)19/h5-8,10,13H,4,9H2,1-3H3/t13-/m1/s1. The number of pyridine rings is 1. The van der Waals surface area contributed by atoms with Gasteiger partial charge in [-0.05, 0) is 25.0 Å². The molecule has 0 N–H and O–H groups in total. The Bertz CT molecular complexity index is 791. The van der Waals surface area contributed by atoms with Gasteiger partial charge in [-0.25, -0.2) is 4.79 Å². The van der Waals surface area contributed by atoms with E-state index >= 15 is 0 Å². The van der Waals surface area contributed by atoms with Crippen molar-refractivity contribution >= 4 is 16.9 Å². The van der Waals surface area contributed by atoms with Gasteiger partial charge >= 0.3 is 5.97 Å². The van der Waals surface area contributed by atoms with Crippen LogP contribution in [0.25, 0.3) is 10.9 Å².